The van der Waals surface area contributed by atoms with Crippen molar-refractivity contribution in [3.63, 3.8) is 0 Å². The number of halogens is 1. The first-order valence-corrected chi connectivity index (χ1v) is 19.0. The summed E-state index contributed by atoms with van der Waals surface area (Å²) >= 11 is 6.58. The van der Waals surface area contributed by atoms with E-state index in [9.17, 15) is 0 Å². The summed E-state index contributed by atoms with van der Waals surface area (Å²) in [5, 5.41) is 0.447. The minimum atomic E-state index is 0.447. The van der Waals surface area contributed by atoms with E-state index >= 15 is 0 Å². The third-order valence-electron chi connectivity index (χ3n) is 9.87. The predicted molar refractivity (Wildman–Crippen MR) is 234 cm³/mol. The van der Waals surface area contributed by atoms with Gasteiger partial charge in [0.1, 0.15) is 0 Å². The molecule has 2 aromatic heterocycles. The van der Waals surface area contributed by atoms with Crippen LogP contribution in [0.5, 0.6) is 0 Å². The molecule has 0 saturated carbocycles. The molecule has 0 aliphatic heterocycles. The maximum Gasteiger partial charge on any atom is 0.0708 e. The standard InChI is InChI=1S/C52H39ClN2/c1-37(53)32-43(45-28-16-17-29-46(45)50-36-55-52(42-25-12-5-13-26-42)34-48(50)39-20-8-3-9-21-39)31-30-40-22-14-15-27-44(40)49-35-54-51(41-23-10-4-11-24-41)33-47(49)38-18-6-2-7-19-38/h3-6,8-36H,1-2,7H2/b31-30+,43-32+. The van der Waals surface area contributed by atoms with Gasteiger partial charge in [-0.3, -0.25) is 9.97 Å². The van der Waals surface area contributed by atoms with Gasteiger partial charge in [0.15, 0.2) is 0 Å². The molecule has 55 heavy (non-hydrogen) atoms. The van der Waals surface area contributed by atoms with Gasteiger partial charge < -0.3 is 0 Å². The van der Waals surface area contributed by atoms with Crippen molar-refractivity contribution in [3.8, 4) is 55.9 Å². The van der Waals surface area contributed by atoms with E-state index in [0.29, 0.717) is 5.03 Å². The number of pyridine rings is 2. The van der Waals surface area contributed by atoms with Crippen LogP contribution in [0.15, 0.2) is 206 Å². The fourth-order valence-electron chi connectivity index (χ4n) is 7.20. The fourth-order valence-corrected chi connectivity index (χ4v) is 7.32. The second-order valence-corrected chi connectivity index (χ2v) is 14.0. The van der Waals surface area contributed by atoms with E-state index in [1.54, 1.807) is 0 Å². The van der Waals surface area contributed by atoms with E-state index in [4.69, 9.17) is 21.6 Å². The van der Waals surface area contributed by atoms with E-state index < -0.39 is 0 Å². The molecular formula is C52H39ClN2. The third-order valence-corrected chi connectivity index (χ3v) is 9.98. The van der Waals surface area contributed by atoms with Gasteiger partial charge in [0.25, 0.3) is 0 Å². The van der Waals surface area contributed by atoms with Gasteiger partial charge in [0.2, 0.25) is 0 Å². The molecule has 1 aliphatic rings. The Labute approximate surface area is 328 Å². The molecule has 8 rings (SSSR count). The molecule has 0 fully saturated rings. The second-order valence-electron chi connectivity index (χ2n) is 13.5. The van der Waals surface area contributed by atoms with Gasteiger partial charge in [-0.05, 0) is 81.1 Å². The van der Waals surface area contributed by atoms with Crippen LogP contribution in [0.1, 0.15) is 29.5 Å². The number of hydrogen-bond acceptors (Lipinski definition) is 2. The average Bonchev–Trinajstić information content (AvgIpc) is 3.26. The molecule has 2 nitrogen and oxygen atoms in total. The first-order valence-electron chi connectivity index (χ1n) is 18.6. The molecule has 0 unspecified atom stereocenters. The Hall–Kier alpha value is -6.61. The lowest BCUT2D eigenvalue weighted by Crippen LogP contribution is -1.96. The number of allylic oxidation sites excluding steroid dienone is 8. The van der Waals surface area contributed by atoms with E-state index in [0.717, 1.165) is 85.4 Å². The van der Waals surface area contributed by atoms with Gasteiger partial charge in [-0.1, -0.05) is 188 Å². The monoisotopic (exact) mass is 726 g/mol. The summed E-state index contributed by atoms with van der Waals surface area (Å²) in [6.07, 6.45) is 19.2. The summed E-state index contributed by atoms with van der Waals surface area (Å²) in [5.74, 6) is 0. The van der Waals surface area contributed by atoms with Crippen LogP contribution >= 0.6 is 11.6 Å². The van der Waals surface area contributed by atoms with Crippen molar-refractivity contribution in [1.82, 2.24) is 9.97 Å². The normalized spacial score (nSPS) is 12.8. The Morgan fingerprint density at radius 2 is 1.09 bits per heavy atom. The van der Waals surface area contributed by atoms with Crippen molar-refractivity contribution in [2.45, 2.75) is 12.8 Å². The Balaban J connectivity index is 1.23. The van der Waals surface area contributed by atoms with Gasteiger partial charge in [-0.25, -0.2) is 0 Å². The topological polar surface area (TPSA) is 25.8 Å². The zero-order valence-corrected chi connectivity index (χ0v) is 31.2. The van der Waals surface area contributed by atoms with Crippen LogP contribution < -0.4 is 0 Å². The zero-order chi connectivity index (χ0) is 37.4. The summed E-state index contributed by atoms with van der Waals surface area (Å²) < 4.78 is 0. The average molecular weight is 727 g/mol. The van der Waals surface area contributed by atoms with Gasteiger partial charge >= 0.3 is 0 Å². The fraction of sp³-hybridized carbons (Fsp3) is 0.0385. The molecule has 0 amide bonds. The van der Waals surface area contributed by atoms with Crippen molar-refractivity contribution >= 4 is 28.8 Å². The molecule has 0 spiro atoms. The van der Waals surface area contributed by atoms with Gasteiger partial charge in [0, 0.05) is 39.7 Å². The van der Waals surface area contributed by atoms with Gasteiger partial charge in [-0.15, -0.1) is 0 Å². The summed E-state index contributed by atoms with van der Waals surface area (Å²) in [6, 6.07) is 52.6. The van der Waals surface area contributed by atoms with Crippen LogP contribution in [-0.4, -0.2) is 9.97 Å². The molecule has 0 bridgehead atoms. The number of rotatable bonds is 10. The zero-order valence-electron chi connectivity index (χ0n) is 30.4. The third kappa shape index (κ3) is 8.01. The SMILES string of the molecule is C=C(Cl)/C=C(\C=C\c1ccccc1-c1cnc(-c2ccccc2)cc1C1=CCCC=C1)c1ccccc1-c1cnc(-c2ccccc2)cc1-c1ccccc1. The molecule has 7 aromatic rings. The Morgan fingerprint density at radius 1 is 0.545 bits per heavy atom. The Kier molecular flexibility index (Phi) is 10.7. The minimum absolute atomic E-state index is 0.447. The van der Waals surface area contributed by atoms with Crippen LogP contribution in [0, 0.1) is 0 Å². The predicted octanol–water partition coefficient (Wildman–Crippen LogP) is 14.4. The number of hydrogen-bond donors (Lipinski definition) is 0. The molecule has 1 aliphatic carbocycles. The van der Waals surface area contributed by atoms with E-state index in [1.807, 2.05) is 48.8 Å². The Bertz CT molecular complexity index is 2600. The second kappa shape index (κ2) is 16.6. The molecule has 0 N–H and O–H groups in total. The summed E-state index contributed by atoms with van der Waals surface area (Å²) in [7, 11) is 0. The van der Waals surface area contributed by atoms with Crippen molar-refractivity contribution in [2.24, 2.45) is 0 Å². The molecule has 2 heterocycles. The molecule has 0 atom stereocenters. The molecule has 3 heteroatoms. The highest BCUT2D eigenvalue weighted by Crippen LogP contribution is 2.40. The van der Waals surface area contributed by atoms with Crippen molar-refractivity contribution in [3.05, 3.63) is 223 Å². The maximum atomic E-state index is 6.58. The first kappa shape index (κ1) is 35.4. The van der Waals surface area contributed by atoms with Crippen molar-refractivity contribution < 1.29 is 0 Å². The largest absolute Gasteiger partial charge is 0.256 e. The number of nitrogens with zero attached hydrogens (tertiary/aromatic N) is 2. The van der Waals surface area contributed by atoms with Crippen LogP contribution in [0.25, 0.3) is 73.1 Å². The van der Waals surface area contributed by atoms with E-state index in [-0.39, 0.29) is 0 Å². The van der Waals surface area contributed by atoms with Crippen LogP contribution in [0.2, 0.25) is 0 Å². The maximum absolute atomic E-state index is 6.58. The molecular weight excluding hydrogens is 688 g/mol. The summed E-state index contributed by atoms with van der Waals surface area (Å²) in [6.45, 7) is 4.07. The summed E-state index contributed by atoms with van der Waals surface area (Å²) in [4.78, 5) is 9.97. The first-order chi connectivity index (χ1) is 27.1. The molecule has 264 valence electrons. The lowest BCUT2D eigenvalue weighted by Gasteiger charge is -2.17. The van der Waals surface area contributed by atoms with Crippen LogP contribution in [0.4, 0.5) is 0 Å². The molecule has 0 saturated heterocycles. The summed E-state index contributed by atoms with van der Waals surface area (Å²) in [5.41, 5.74) is 16.0. The van der Waals surface area contributed by atoms with Gasteiger partial charge in [-0.2, -0.15) is 0 Å². The highest BCUT2D eigenvalue weighted by molar-refractivity contribution is 6.31. The Morgan fingerprint density at radius 3 is 1.71 bits per heavy atom. The van der Waals surface area contributed by atoms with Crippen molar-refractivity contribution in [1.29, 1.82) is 0 Å². The van der Waals surface area contributed by atoms with Crippen molar-refractivity contribution in [2.75, 3.05) is 0 Å². The molecule has 0 radical (unpaired) electrons. The van der Waals surface area contributed by atoms with E-state index in [1.165, 1.54) is 11.1 Å². The van der Waals surface area contributed by atoms with E-state index in [2.05, 4.69) is 158 Å². The smallest absolute Gasteiger partial charge is 0.0708 e. The van der Waals surface area contributed by atoms with Crippen LogP contribution in [0.3, 0.4) is 0 Å². The van der Waals surface area contributed by atoms with Gasteiger partial charge in [0.05, 0.1) is 11.4 Å². The highest BCUT2D eigenvalue weighted by atomic mass is 35.5. The quantitative estimate of drug-likeness (QED) is 0.131. The molecule has 5 aromatic carbocycles. The number of aromatic nitrogens is 2. The lowest BCUT2D eigenvalue weighted by molar-refractivity contribution is 1.04. The van der Waals surface area contributed by atoms with Crippen LogP contribution in [-0.2, 0) is 0 Å². The number of benzene rings is 5. The lowest BCUT2D eigenvalue weighted by atomic mass is 9.88. The highest BCUT2D eigenvalue weighted by Gasteiger charge is 2.17. The minimum Gasteiger partial charge on any atom is -0.256 e.